The molecule has 0 aliphatic rings. The molecule has 3 N–H and O–H groups in total. The highest BCUT2D eigenvalue weighted by atomic mass is 16.2. The summed E-state index contributed by atoms with van der Waals surface area (Å²) in [6.45, 7) is 2.08. The SMILES string of the molecule is CCc1c(C(=O)NCc2cccnc2)c(N)nc2c1c(=O)n(C)c(=O)n2C. The third kappa shape index (κ3) is 3.07. The van der Waals surface area contributed by atoms with Crippen LogP contribution in [0.2, 0.25) is 0 Å². The number of rotatable bonds is 4. The van der Waals surface area contributed by atoms with Gasteiger partial charge in [0.05, 0.1) is 10.9 Å². The summed E-state index contributed by atoms with van der Waals surface area (Å²) in [6.07, 6.45) is 3.67. The standard InChI is InChI=1S/C18H20N6O3/c1-4-11-12(16(25)21-9-10-6-5-7-20-8-10)14(19)22-15-13(11)17(26)24(3)18(27)23(15)2/h5-8H,4,9H2,1-3H3,(H2,19,22)(H,21,25). The second kappa shape index (κ2) is 7.02. The summed E-state index contributed by atoms with van der Waals surface area (Å²) in [5, 5.41) is 3.00. The van der Waals surface area contributed by atoms with Gasteiger partial charge in [-0.3, -0.25) is 23.7 Å². The van der Waals surface area contributed by atoms with Gasteiger partial charge in [-0.05, 0) is 23.6 Å². The van der Waals surface area contributed by atoms with E-state index in [0.29, 0.717) is 12.0 Å². The Hall–Kier alpha value is -3.49. The summed E-state index contributed by atoms with van der Waals surface area (Å²) >= 11 is 0. The highest BCUT2D eigenvalue weighted by Gasteiger charge is 2.23. The second-order valence-electron chi connectivity index (χ2n) is 6.15. The van der Waals surface area contributed by atoms with Crippen LogP contribution in [-0.4, -0.2) is 25.0 Å². The first-order valence-corrected chi connectivity index (χ1v) is 8.42. The van der Waals surface area contributed by atoms with Crippen LogP contribution >= 0.6 is 0 Å². The molecule has 3 rings (SSSR count). The maximum Gasteiger partial charge on any atom is 0.332 e. The molecule has 3 heterocycles. The lowest BCUT2D eigenvalue weighted by Gasteiger charge is -2.15. The number of anilines is 1. The first kappa shape index (κ1) is 18.3. The summed E-state index contributed by atoms with van der Waals surface area (Å²) in [5.41, 5.74) is 6.65. The van der Waals surface area contributed by atoms with E-state index in [1.807, 2.05) is 13.0 Å². The number of pyridine rings is 2. The summed E-state index contributed by atoms with van der Waals surface area (Å²) in [5.74, 6) is -0.454. The molecule has 0 aliphatic carbocycles. The third-order valence-corrected chi connectivity index (χ3v) is 4.48. The molecule has 0 saturated carbocycles. The average Bonchev–Trinajstić information content (AvgIpc) is 2.68. The summed E-state index contributed by atoms with van der Waals surface area (Å²) in [7, 11) is 2.90. The number of aromatic nitrogens is 4. The molecule has 0 spiro atoms. The minimum absolute atomic E-state index is 0.0220. The van der Waals surface area contributed by atoms with Gasteiger partial charge < -0.3 is 11.1 Å². The van der Waals surface area contributed by atoms with Crippen LogP contribution in [0.3, 0.4) is 0 Å². The lowest BCUT2D eigenvalue weighted by atomic mass is 10.0. The van der Waals surface area contributed by atoms with Gasteiger partial charge in [-0.25, -0.2) is 9.78 Å². The van der Waals surface area contributed by atoms with Crippen molar-refractivity contribution >= 4 is 22.8 Å². The Morgan fingerprint density at radius 1 is 1.26 bits per heavy atom. The predicted octanol–water partition coefficient (Wildman–Crippen LogP) is 0.102. The van der Waals surface area contributed by atoms with Gasteiger partial charge in [0.15, 0.2) is 5.65 Å². The fourth-order valence-electron chi connectivity index (χ4n) is 3.06. The van der Waals surface area contributed by atoms with E-state index >= 15 is 0 Å². The van der Waals surface area contributed by atoms with Gasteiger partial charge in [0.25, 0.3) is 11.5 Å². The molecule has 0 fully saturated rings. The number of carbonyl (C=O) groups excluding carboxylic acids is 1. The molecule has 140 valence electrons. The number of nitrogens with two attached hydrogens (primary N) is 1. The van der Waals surface area contributed by atoms with Gasteiger partial charge in [0, 0.05) is 33.0 Å². The highest BCUT2D eigenvalue weighted by molar-refractivity contribution is 6.03. The fraction of sp³-hybridized carbons (Fsp3) is 0.278. The Morgan fingerprint density at radius 2 is 2.00 bits per heavy atom. The Kier molecular flexibility index (Phi) is 4.76. The fourth-order valence-corrected chi connectivity index (χ4v) is 3.06. The number of fused-ring (bicyclic) bond motifs is 1. The molecule has 1 amide bonds. The molecule has 0 atom stereocenters. The van der Waals surface area contributed by atoms with Crippen molar-refractivity contribution in [3.63, 3.8) is 0 Å². The van der Waals surface area contributed by atoms with Crippen molar-refractivity contribution in [2.45, 2.75) is 19.9 Å². The van der Waals surface area contributed by atoms with E-state index < -0.39 is 17.2 Å². The minimum Gasteiger partial charge on any atom is -0.383 e. The van der Waals surface area contributed by atoms with E-state index in [1.54, 1.807) is 18.5 Å². The Balaban J connectivity index is 2.16. The van der Waals surface area contributed by atoms with Crippen LogP contribution in [0.25, 0.3) is 11.0 Å². The first-order chi connectivity index (χ1) is 12.9. The van der Waals surface area contributed by atoms with Crippen molar-refractivity contribution in [3.8, 4) is 0 Å². The predicted molar refractivity (Wildman–Crippen MR) is 101 cm³/mol. The number of hydrogen-bond acceptors (Lipinski definition) is 6. The Morgan fingerprint density at radius 3 is 2.63 bits per heavy atom. The molecule has 0 bridgehead atoms. The number of nitrogen functional groups attached to an aromatic ring is 1. The van der Waals surface area contributed by atoms with E-state index in [4.69, 9.17) is 5.73 Å². The normalized spacial score (nSPS) is 10.9. The number of nitrogens with one attached hydrogen (secondary N) is 1. The zero-order valence-corrected chi connectivity index (χ0v) is 15.3. The van der Waals surface area contributed by atoms with Crippen molar-refractivity contribution in [1.29, 1.82) is 0 Å². The van der Waals surface area contributed by atoms with Crippen molar-refractivity contribution in [3.05, 3.63) is 62.1 Å². The van der Waals surface area contributed by atoms with Crippen molar-refractivity contribution in [2.75, 3.05) is 5.73 Å². The van der Waals surface area contributed by atoms with E-state index in [2.05, 4.69) is 15.3 Å². The number of carbonyl (C=O) groups is 1. The third-order valence-electron chi connectivity index (χ3n) is 4.48. The van der Waals surface area contributed by atoms with Gasteiger partial charge in [-0.1, -0.05) is 13.0 Å². The van der Waals surface area contributed by atoms with Crippen LogP contribution in [0.5, 0.6) is 0 Å². The lowest BCUT2D eigenvalue weighted by molar-refractivity contribution is 0.0950. The molecule has 3 aromatic heterocycles. The van der Waals surface area contributed by atoms with Crippen LogP contribution in [-0.2, 0) is 27.1 Å². The van der Waals surface area contributed by atoms with Crippen molar-refractivity contribution in [1.82, 2.24) is 24.4 Å². The number of nitrogens with zero attached hydrogens (tertiary/aromatic N) is 4. The van der Waals surface area contributed by atoms with Gasteiger partial charge >= 0.3 is 5.69 Å². The molecule has 27 heavy (non-hydrogen) atoms. The van der Waals surface area contributed by atoms with Crippen LogP contribution in [0.4, 0.5) is 5.82 Å². The highest BCUT2D eigenvalue weighted by Crippen LogP contribution is 2.22. The molecule has 9 heteroatoms. The zero-order valence-electron chi connectivity index (χ0n) is 15.3. The maximum absolute atomic E-state index is 12.8. The first-order valence-electron chi connectivity index (χ1n) is 8.42. The van der Waals surface area contributed by atoms with Crippen LogP contribution < -0.4 is 22.3 Å². The van der Waals surface area contributed by atoms with Crippen LogP contribution in [0.15, 0.2) is 34.1 Å². The Labute approximate surface area is 154 Å². The maximum atomic E-state index is 12.8. The summed E-state index contributed by atoms with van der Waals surface area (Å²) in [6, 6.07) is 3.61. The number of aryl methyl sites for hydroxylation is 2. The van der Waals surface area contributed by atoms with Gasteiger partial charge in [-0.2, -0.15) is 0 Å². The van der Waals surface area contributed by atoms with E-state index in [1.165, 1.54) is 18.7 Å². The molecule has 3 aromatic rings. The van der Waals surface area contributed by atoms with Crippen LogP contribution in [0, 0.1) is 0 Å². The molecule has 9 nitrogen and oxygen atoms in total. The van der Waals surface area contributed by atoms with E-state index in [-0.39, 0.29) is 29.0 Å². The minimum atomic E-state index is -0.504. The van der Waals surface area contributed by atoms with E-state index in [0.717, 1.165) is 10.1 Å². The van der Waals surface area contributed by atoms with Crippen LogP contribution in [0.1, 0.15) is 28.4 Å². The lowest BCUT2D eigenvalue weighted by Crippen LogP contribution is -2.38. The molecule has 0 aromatic carbocycles. The van der Waals surface area contributed by atoms with Gasteiger partial charge in [0.1, 0.15) is 5.82 Å². The van der Waals surface area contributed by atoms with Gasteiger partial charge in [-0.15, -0.1) is 0 Å². The Bertz CT molecular complexity index is 1150. The van der Waals surface area contributed by atoms with Crippen molar-refractivity contribution < 1.29 is 4.79 Å². The molecular weight excluding hydrogens is 348 g/mol. The number of amides is 1. The second-order valence-corrected chi connectivity index (χ2v) is 6.15. The van der Waals surface area contributed by atoms with Gasteiger partial charge in [0.2, 0.25) is 0 Å². The topological polar surface area (TPSA) is 125 Å². The molecule has 0 aliphatic heterocycles. The van der Waals surface area contributed by atoms with E-state index in [9.17, 15) is 14.4 Å². The number of hydrogen-bond donors (Lipinski definition) is 2. The molecule has 0 saturated heterocycles. The summed E-state index contributed by atoms with van der Waals surface area (Å²) < 4.78 is 2.25. The molecular formula is C18H20N6O3. The average molecular weight is 368 g/mol. The molecule has 0 radical (unpaired) electrons. The smallest absolute Gasteiger partial charge is 0.332 e. The largest absolute Gasteiger partial charge is 0.383 e. The monoisotopic (exact) mass is 368 g/mol. The molecule has 0 unspecified atom stereocenters. The van der Waals surface area contributed by atoms with Crippen molar-refractivity contribution in [2.24, 2.45) is 14.1 Å². The zero-order chi connectivity index (χ0) is 19.7. The quantitative estimate of drug-likeness (QED) is 0.673. The summed E-state index contributed by atoms with van der Waals surface area (Å²) in [4.78, 5) is 45.8.